The minimum Gasteiger partial charge on any atom is -0.481 e. The maximum absolute atomic E-state index is 11.1. The molecule has 2 N–H and O–H groups in total. The summed E-state index contributed by atoms with van der Waals surface area (Å²) in [6.07, 6.45) is -6.81. The quantitative estimate of drug-likeness (QED) is 0.662. The Morgan fingerprint density at radius 3 is 2.91 bits per heavy atom. The molecule has 3 heteroatoms. The highest BCUT2D eigenvalue weighted by atomic mass is 16.4. The summed E-state index contributed by atoms with van der Waals surface area (Å²) < 4.78 is 59.0. The van der Waals surface area contributed by atoms with Crippen LogP contribution in [0.15, 0.2) is 0 Å². The first-order chi connectivity index (χ1) is 8.14. The molecule has 0 atom stereocenters. The molecule has 0 unspecified atom stereocenters. The standard InChI is InChI=1S/C8H17NO2/c1-8(2,3)9-6-4-5-7(10)11/h9H,4-6H2,1-3H3,(H,10,11)/i4D2,5D2,6D2/hD2. The fraction of sp³-hybridized carbons (Fsp3) is 0.875. The van der Waals surface area contributed by atoms with Gasteiger partial charge in [-0.15, -0.1) is 0 Å². The molecule has 0 amide bonds. The highest BCUT2D eigenvalue weighted by Crippen LogP contribution is 1.98. The second-order valence-corrected chi connectivity index (χ2v) is 2.93. The van der Waals surface area contributed by atoms with Crippen molar-refractivity contribution >= 4 is 5.97 Å². The summed E-state index contributed by atoms with van der Waals surface area (Å²) in [4.78, 5) is 11.1. The molecule has 0 aromatic carbocycles. The monoisotopic (exact) mass is 167 g/mol. The van der Waals surface area contributed by atoms with Gasteiger partial charge in [-0.25, -0.2) is 0 Å². The predicted molar refractivity (Wildman–Crippen MR) is 44.6 cm³/mol. The number of hydrogen-bond donors (Lipinski definition) is 2. The lowest BCUT2D eigenvalue weighted by atomic mass is 10.1. The van der Waals surface area contributed by atoms with E-state index in [1.807, 2.05) is 0 Å². The van der Waals surface area contributed by atoms with Gasteiger partial charge in [-0.05, 0) is 33.6 Å². The maximum atomic E-state index is 11.1. The van der Waals surface area contributed by atoms with E-state index in [2.05, 4.69) is 5.11 Å². The van der Waals surface area contributed by atoms with Crippen LogP contribution in [0.1, 0.15) is 41.7 Å². The van der Waals surface area contributed by atoms with Crippen LogP contribution in [0.5, 0.6) is 0 Å². The normalized spacial score (nSPS) is 26.2. The lowest BCUT2D eigenvalue weighted by Crippen LogP contribution is -2.36. The highest BCUT2D eigenvalue weighted by Gasteiger charge is 2.07. The zero-order valence-corrected chi connectivity index (χ0v) is 6.76. The average molecular weight is 167 g/mol. The summed E-state index contributed by atoms with van der Waals surface area (Å²) >= 11 is 0. The fourth-order valence-corrected chi connectivity index (χ4v) is 0.275. The van der Waals surface area contributed by atoms with Gasteiger partial charge in [-0.2, -0.15) is 0 Å². The summed E-state index contributed by atoms with van der Waals surface area (Å²) in [7, 11) is 0. The van der Waals surface area contributed by atoms with E-state index in [9.17, 15) is 4.79 Å². The van der Waals surface area contributed by atoms with Crippen LogP contribution in [0.25, 0.3) is 1.43 Å². The molecule has 0 rings (SSSR count). The van der Waals surface area contributed by atoms with Crippen molar-refractivity contribution in [3.05, 3.63) is 0 Å². The van der Waals surface area contributed by atoms with E-state index in [1.165, 1.54) is 20.8 Å². The van der Waals surface area contributed by atoms with Gasteiger partial charge in [0.1, 0.15) is 1.41 Å². The van der Waals surface area contributed by atoms with E-state index < -0.39 is 30.8 Å². The number of nitrogens with one attached hydrogen (secondary N) is 1. The Morgan fingerprint density at radius 1 is 1.82 bits per heavy atom. The predicted octanol–water partition coefficient (Wildman–Crippen LogP) is 1.24. The molecule has 3 nitrogen and oxygen atoms in total. The molecule has 0 aromatic rings. The molecule has 0 aromatic heterocycles. The molecule has 0 saturated heterocycles. The van der Waals surface area contributed by atoms with E-state index in [0.29, 0.717) is 0 Å². The van der Waals surface area contributed by atoms with E-state index >= 15 is 0 Å². The maximum Gasteiger partial charge on any atom is 0.303 e. The summed E-state index contributed by atoms with van der Waals surface area (Å²) in [5.41, 5.74) is -1.13. The molecular formula is C8H17NO2. The van der Waals surface area contributed by atoms with Crippen molar-refractivity contribution in [1.82, 2.24) is 5.31 Å². The minimum absolute atomic E-state index is 0.245. The first-order valence-electron chi connectivity index (χ1n) is 6.96. The Kier molecular flexibility index (Phi) is 1.20. The Hall–Kier alpha value is -0.570. The second-order valence-electron chi connectivity index (χ2n) is 2.93. The average Bonchev–Trinajstić information content (AvgIpc) is 2.24. The SMILES string of the molecule is [2H]OC(=O)C([2H])([2H])C([2H])([2H])C([2H])([2H])N([2H])C(C)(C)C. The summed E-state index contributed by atoms with van der Waals surface area (Å²) in [6, 6.07) is 0. The number of carboxylic acid groups (broad SMARTS) is 1. The van der Waals surface area contributed by atoms with Crippen molar-refractivity contribution in [2.24, 2.45) is 0 Å². The Labute approximate surface area is 79.2 Å². The smallest absolute Gasteiger partial charge is 0.303 e. The topological polar surface area (TPSA) is 49.3 Å². The van der Waals surface area contributed by atoms with Crippen LogP contribution in [-0.4, -0.2) is 23.1 Å². The molecule has 0 aliphatic heterocycles. The van der Waals surface area contributed by atoms with Crippen LogP contribution in [0.3, 0.4) is 0 Å². The third-order valence-corrected chi connectivity index (χ3v) is 0.612. The third-order valence-electron chi connectivity index (χ3n) is 0.612. The largest absolute Gasteiger partial charge is 0.481 e. The molecule has 0 aliphatic carbocycles. The lowest BCUT2D eigenvalue weighted by molar-refractivity contribution is -0.137. The van der Waals surface area contributed by atoms with Crippen LogP contribution in [0.2, 0.25) is 1.41 Å². The molecule has 66 valence electrons. The zero-order valence-electron chi connectivity index (χ0n) is 14.8. The van der Waals surface area contributed by atoms with E-state index in [-0.39, 0.29) is 5.31 Å². The van der Waals surface area contributed by atoms with Gasteiger partial charge in [-0.1, -0.05) is 0 Å². The molecule has 0 aliphatic rings. The number of aliphatic carboxylic acids is 1. The van der Waals surface area contributed by atoms with Gasteiger partial charge in [0.15, 0.2) is 0 Å². The summed E-state index contributed by atoms with van der Waals surface area (Å²) in [5, 5.41) is 3.66. The van der Waals surface area contributed by atoms with E-state index in [0.717, 1.165) is 0 Å². The zero-order chi connectivity index (χ0) is 15.9. The van der Waals surface area contributed by atoms with Crippen LogP contribution in [0.4, 0.5) is 0 Å². The van der Waals surface area contributed by atoms with Gasteiger partial charge < -0.3 is 10.4 Å². The van der Waals surface area contributed by atoms with Gasteiger partial charge in [-0.3, -0.25) is 4.79 Å². The number of carbonyl (C=O) groups is 1. The molecule has 0 heterocycles. The van der Waals surface area contributed by atoms with Crippen molar-refractivity contribution in [2.45, 2.75) is 39.1 Å². The Morgan fingerprint density at radius 2 is 2.45 bits per heavy atom. The molecule has 0 spiro atoms. The van der Waals surface area contributed by atoms with Crippen molar-refractivity contribution in [2.75, 3.05) is 6.50 Å². The van der Waals surface area contributed by atoms with E-state index in [4.69, 9.17) is 11.1 Å². The third kappa shape index (κ3) is 9.43. The first-order valence-corrected chi connectivity index (χ1v) is 3.11. The summed E-state index contributed by atoms with van der Waals surface area (Å²) in [5.74, 6) is -1.86. The van der Waals surface area contributed by atoms with Gasteiger partial charge in [0, 0.05) is 20.1 Å². The van der Waals surface area contributed by atoms with Crippen molar-refractivity contribution in [3.63, 3.8) is 0 Å². The van der Waals surface area contributed by atoms with Gasteiger partial charge >= 0.3 is 5.97 Å². The second kappa shape index (κ2) is 4.34. The molecule has 0 bridgehead atoms. The Bertz CT molecular complexity index is 351. The van der Waals surface area contributed by atoms with Crippen LogP contribution >= 0.6 is 0 Å². The summed E-state index contributed by atoms with van der Waals surface area (Å²) in [6.45, 7) is 1.19. The molecule has 0 fully saturated rings. The lowest BCUT2D eigenvalue weighted by Gasteiger charge is -2.19. The van der Waals surface area contributed by atoms with Gasteiger partial charge in [0.25, 0.3) is 1.43 Å². The molecule has 0 saturated carbocycles. The van der Waals surface area contributed by atoms with Crippen molar-refractivity contribution in [1.29, 1.82) is 1.43 Å². The fourth-order valence-electron chi connectivity index (χ4n) is 0.275. The number of rotatable bonds is 4. The molecule has 0 radical (unpaired) electrons. The Balaban J connectivity index is 5.70. The molecular weight excluding hydrogens is 142 g/mol. The first kappa shape index (κ1) is 3.05. The van der Waals surface area contributed by atoms with Crippen LogP contribution in [-0.2, 0) is 4.79 Å². The van der Waals surface area contributed by atoms with E-state index in [1.54, 1.807) is 0 Å². The van der Waals surface area contributed by atoms with Crippen molar-refractivity contribution < 1.29 is 19.5 Å². The van der Waals surface area contributed by atoms with Gasteiger partial charge in [0.05, 0.1) is 0 Å². The minimum atomic E-state index is -3.41. The van der Waals surface area contributed by atoms with Crippen LogP contribution < -0.4 is 5.31 Å². The van der Waals surface area contributed by atoms with Crippen LogP contribution in [0, 0.1) is 0 Å². The number of carboxylic acids is 1. The number of hydrogen-bond acceptors (Lipinski definition) is 3. The molecule has 11 heavy (non-hydrogen) atoms. The van der Waals surface area contributed by atoms with Crippen molar-refractivity contribution in [3.8, 4) is 0 Å². The highest BCUT2D eigenvalue weighted by molar-refractivity contribution is 5.66. The van der Waals surface area contributed by atoms with Gasteiger partial charge in [0.2, 0.25) is 0 Å².